The van der Waals surface area contributed by atoms with E-state index in [0.29, 0.717) is 27.9 Å². The molecule has 3 aromatic carbocycles. The predicted octanol–water partition coefficient (Wildman–Crippen LogP) is 5.92. The first kappa shape index (κ1) is 29.6. The molecule has 0 aliphatic rings. The summed E-state index contributed by atoms with van der Waals surface area (Å²) < 4.78 is 10.8. The van der Waals surface area contributed by atoms with Crippen molar-refractivity contribution in [3.63, 3.8) is 0 Å². The van der Waals surface area contributed by atoms with Gasteiger partial charge < -0.3 is 19.7 Å². The fourth-order valence-corrected chi connectivity index (χ4v) is 5.31. The Morgan fingerprint density at radius 1 is 0.878 bits per heavy atom. The van der Waals surface area contributed by atoms with Gasteiger partial charge in [-0.1, -0.05) is 66.4 Å². The summed E-state index contributed by atoms with van der Waals surface area (Å²) in [6, 6.07) is 23.3. The topological polar surface area (TPSA) is 93.7 Å². The fraction of sp³-hybridized carbons (Fsp3) is 0.250. The highest BCUT2D eigenvalue weighted by atomic mass is 32.2. The molecule has 9 heteroatoms. The van der Waals surface area contributed by atoms with Crippen molar-refractivity contribution in [2.45, 2.75) is 38.5 Å². The number of nitrogens with one attached hydrogen (secondary N) is 1. The van der Waals surface area contributed by atoms with Crippen LogP contribution in [0.1, 0.15) is 34.1 Å². The van der Waals surface area contributed by atoms with Crippen molar-refractivity contribution >= 4 is 29.3 Å². The smallest absolute Gasteiger partial charge is 0.251 e. The summed E-state index contributed by atoms with van der Waals surface area (Å²) in [6.07, 6.45) is 0. The minimum atomic E-state index is -0.920. The van der Waals surface area contributed by atoms with E-state index in [0.717, 1.165) is 22.5 Å². The zero-order chi connectivity index (χ0) is 29.4. The average molecular weight is 571 g/mol. The number of benzene rings is 3. The van der Waals surface area contributed by atoms with Crippen LogP contribution in [0.15, 0.2) is 84.0 Å². The second-order valence-electron chi connectivity index (χ2n) is 9.54. The molecular formula is C32H34N4O4S. The maximum absolute atomic E-state index is 14.1. The highest BCUT2D eigenvalue weighted by Crippen LogP contribution is 2.32. The van der Waals surface area contributed by atoms with Gasteiger partial charge >= 0.3 is 0 Å². The number of nitrogens with zero attached hydrogens (tertiary/aromatic N) is 3. The summed E-state index contributed by atoms with van der Waals surface area (Å²) in [4.78, 5) is 38.7. The molecule has 212 valence electrons. The van der Waals surface area contributed by atoms with E-state index in [9.17, 15) is 9.59 Å². The third-order valence-electron chi connectivity index (χ3n) is 6.55. The maximum Gasteiger partial charge on any atom is 0.251 e. The van der Waals surface area contributed by atoms with Gasteiger partial charge in [0.1, 0.15) is 17.5 Å². The van der Waals surface area contributed by atoms with E-state index in [1.54, 1.807) is 30.2 Å². The van der Waals surface area contributed by atoms with Gasteiger partial charge in [0.2, 0.25) is 5.91 Å². The Hall–Kier alpha value is -4.37. The maximum atomic E-state index is 14.1. The van der Waals surface area contributed by atoms with Gasteiger partial charge in [-0.15, -0.1) is 0 Å². The molecule has 41 heavy (non-hydrogen) atoms. The number of carbonyl (C=O) groups excluding carboxylic acids is 2. The van der Waals surface area contributed by atoms with Gasteiger partial charge in [0.05, 0.1) is 25.7 Å². The molecule has 0 fully saturated rings. The van der Waals surface area contributed by atoms with Gasteiger partial charge in [-0.05, 0) is 55.7 Å². The summed E-state index contributed by atoms with van der Waals surface area (Å²) in [5.74, 6) is 0.531. The van der Waals surface area contributed by atoms with E-state index in [1.165, 1.54) is 18.9 Å². The number of amides is 2. The molecule has 0 aliphatic heterocycles. The number of hydrogen-bond acceptors (Lipinski definition) is 7. The molecule has 1 atom stereocenters. The van der Waals surface area contributed by atoms with Crippen LogP contribution in [0.3, 0.4) is 0 Å². The summed E-state index contributed by atoms with van der Waals surface area (Å²) in [5.41, 5.74) is 4.80. The Morgan fingerprint density at radius 3 is 2.22 bits per heavy atom. The third-order valence-corrected chi connectivity index (χ3v) is 7.38. The highest BCUT2D eigenvalue weighted by molar-refractivity contribution is 7.99. The summed E-state index contributed by atoms with van der Waals surface area (Å²) in [5, 5.41) is 3.51. The lowest BCUT2D eigenvalue weighted by atomic mass is 10.0. The van der Waals surface area contributed by atoms with Crippen molar-refractivity contribution in [2.24, 2.45) is 0 Å². The number of ether oxygens (including phenoxy) is 2. The number of anilines is 1. The fourth-order valence-electron chi connectivity index (χ4n) is 4.47. The summed E-state index contributed by atoms with van der Waals surface area (Å²) in [7, 11) is 3.09. The van der Waals surface area contributed by atoms with E-state index < -0.39 is 6.04 Å². The van der Waals surface area contributed by atoms with Crippen LogP contribution in [0, 0.1) is 20.8 Å². The molecule has 1 heterocycles. The second-order valence-corrected chi connectivity index (χ2v) is 10.5. The normalized spacial score (nSPS) is 11.4. The van der Waals surface area contributed by atoms with Crippen molar-refractivity contribution in [1.29, 1.82) is 0 Å². The molecule has 0 saturated heterocycles. The Bertz CT molecular complexity index is 1490. The number of methoxy groups -OCH3 is 2. The summed E-state index contributed by atoms with van der Waals surface area (Å²) in [6.45, 7) is 6.03. The monoisotopic (exact) mass is 570 g/mol. The minimum absolute atomic E-state index is 0.0667. The lowest BCUT2D eigenvalue weighted by Gasteiger charge is -2.32. The largest absolute Gasteiger partial charge is 0.497 e. The molecule has 0 spiro atoms. The van der Waals surface area contributed by atoms with Gasteiger partial charge in [-0.2, -0.15) is 0 Å². The predicted molar refractivity (Wildman–Crippen MR) is 161 cm³/mol. The Morgan fingerprint density at radius 2 is 1.56 bits per heavy atom. The van der Waals surface area contributed by atoms with Gasteiger partial charge in [0.15, 0.2) is 5.16 Å². The number of rotatable bonds is 11. The molecule has 8 nitrogen and oxygen atoms in total. The van der Waals surface area contributed by atoms with Gasteiger partial charge in [-0.25, -0.2) is 9.97 Å². The molecule has 0 bridgehead atoms. The van der Waals surface area contributed by atoms with E-state index in [4.69, 9.17) is 9.47 Å². The first-order valence-electron chi connectivity index (χ1n) is 13.2. The molecule has 2 amide bonds. The average Bonchev–Trinajstić information content (AvgIpc) is 2.97. The van der Waals surface area contributed by atoms with Gasteiger partial charge in [0.25, 0.3) is 5.91 Å². The Kier molecular flexibility index (Phi) is 9.97. The van der Waals surface area contributed by atoms with Crippen molar-refractivity contribution in [1.82, 2.24) is 14.9 Å². The SMILES string of the molecule is COc1ccc(NC(=O)C(c2ccccc2)N(Cc2ccccc2C)C(=O)CSc2nc(C)cc(C)n2)c(OC)c1. The molecular weight excluding hydrogens is 536 g/mol. The van der Waals surface area contributed by atoms with E-state index in [1.807, 2.05) is 81.4 Å². The van der Waals surface area contributed by atoms with E-state index in [2.05, 4.69) is 15.3 Å². The number of hydrogen-bond donors (Lipinski definition) is 1. The van der Waals surface area contributed by atoms with E-state index in [-0.39, 0.29) is 24.1 Å². The van der Waals surface area contributed by atoms with Crippen LogP contribution in [0.4, 0.5) is 5.69 Å². The number of carbonyl (C=O) groups is 2. The van der Waals surface area contributed by atoms with Crippen LogP contribution in [0.5, 0.6) is 11.5 Å². The lowest BCUT2D eigenvalue weighted by molar-refractivity contribution is -0.137. The second kappa shape index (κ2) is 13.8. The quantitative estimate of drug-likeness (QED) is 0.177. The van der Waals surface area contributed by atoms with Crippen molar-refractivity contribution < 1.29 is 19.1 Å². The Balaban J connectivity index is 1.72. The first-order valence-corrected chi connectivity index (χ1v) is 14.1. The molecule has 0 radical (unpaired) electrons. The van der Waals surface area contributed by atoms with Crippen molar-refractivity contribution in [2.75, 3.05) is 25.3 Å². The van der Waals surface area contributed by atoms with Gasteiger partial charge in [-0.3, -0.25) is 9.59 Å². The standard InChI is InChI=1S/C32H34N4O4S/c1-21-11-9-10-14-25(21)19-36(29(37)20-41-32-33-22(2)17-23(3)34-32)30(24-12-7-6-8-13-24)31(38)35-27-16-15-26(39-4)18-28(27)40-5/h6-18,30H,19-20H2,1-5H3,(H,35,38). The van der Waals surface area contributed by atoms with Crippen molar-refractivity contribution in [3.05, 3.63) is 107 Å². The van der Waals surface area contributed by atoms with Crippen LogP contribution in [0.25, 0.3) is 0 Å². The number of thioether (sulfide) groups is 1. The number of aryl methyl sites for hydroxylation is 3. The molecule has 4 aromatic rings. The highest BCUT2D eigenvalue weighted by Gasteiger charge is 2.32. The van der Waals surface area contributed by atoms with Gasteiger partial charge in [0, 0.05) is 24.0 Å². The molecule has 1 N–H and O–H groups in total. The Labute approximate surface area is 245 Å². The molecule has 1 aromatic heterocycles. The molecule has 1 unspecified atom stereocenters. The third kappa shape index (κ3) is 7.64. The van der Waals surface area contributed by atoms with E-state index >= 15 is 0 Å². The molecule has 0 saturated carbocycles. The van der Waals surface area contributed by atoms with Crippen LogP contribution < -0.4 is 14.8 Å². The van der Waals surface area contributed by atoms with Crippen LogP contribution in [0.2, 0.25) is 0 Å². The minimum Gasteiger partial charge on any atom is -0.497 e. The van der Waals surface area contributed by atoms with Crippen LogP contribution >= 0.6 is 11.8 Å². The van der Waals surface area contributed by atoms with Crippen molar-refractivity contribution in [3.8, 4) is 11.5 Å². The van der Waals surface area contributed by atoms with Crippen LogP contribution in [-0.4, -0.2) is 46.7 Å². The lowest BCUT2D eigenvalue weighted by Crippen LogP contribution is -2.42. The number of aromatic nitrogens is 2. The molecule has 4 rings (SSSR count). The zero-order valence-electron chi connectivity index (χ0n) is 23.9. The zero-order valence-corrected chi connectivity index (χ0v) is 24.7. The summed E-state index contributed by atoms with van der Waals surface area (Å²) >= 11 is 1.26. The first-order chi connectivity index (χ1) is 19.8. The molecule has 0 aliphatic carbocycles. The van der Waals surface area contributed by atoms with Crippen LogP contribution in [-0.2, 0) is 16.1 Å².